The van der Waals surface area contributed by atoms with Crippen molar-refractivity contribution in [2.45, 2.75) is 19.1 Å². The third-order valence-electron chi connectivity index (χ3n) is 2.24. The van der Waals surface area contributed by atoms with Crippen molar-refractivity contribution < 1.29 is 22.7 Å². The standard InChI is InChI=1S/C9H10F3N3O2/c10-9(11,12)5-13-7(16)6-4-14-15-2-1-3-17-8(6)15/h4H,1-3,5H2,(H,13,16). The average Bonchev–Trinajstić information content (AvgIpc) is 2.68. The Kier molecular flexibility index (Phi) is 2.95. The number of alkyl halides is 3. The second-order valence-electron chi connectivity index (χ2n) is 3.59. The molecule has 2 rings (SSSR count). The van der Waals surface area contributed by atoms with Crippen LogP contribution >= 0.6 is 0 Å². The zero-order valence-corrected chi connectivity index (χ0v) is 8.75. The molecule has 5 nitrogen and oxygen atoms in total. The summed E-state index contributed by atoms with van der Waals surface area (Å²) in [6.45, 7) is -0.330. The number of nitrogens with zero attached hydrogens (tertiary/aromatic N) is 2. The van der Waals surface area contributed by atoms with Gasteiger partial charge in [-0.15, -0.1) is 0 Å². The quantitative estimate of drug-likeness (QED) is 0.849. The first-order valence-electron chi connectivity index (χ1n) is 5.01. The van der Waals surface area contributed by atoms with E-state index in [1.54, 1.807) is 5.32 Å². The summed E-state index contributed by atoms with van der Waals surface area (Å²) in [4.78, 5) is 11.5. The van der Waals surface area contributed by atoms with Crippen molar-refractivity contribution in [3.8, 4) is 5.88 Å². The van der Waals surface area contributed by atoms with Crippen molar-refractivity contribution in [3.63, 3.8) is 0 Å². The van der Waals surface area contributed by atoms with Crippen LogP contribution < -0.4 is 10.1 Å². The van der Waals surface area contributed by atoms with Crippen molar-refractivity contribution >= 4 is 5.91 Å². The molecule has 8 heteroatoms. The van der Waals surface area contributed by atoms with Gasteiger partial charge in [0.15, 0.2) is 0 Å². The molecule has 1 aromatic heterocycles. The molecule has 1 aliphatic heterocycles. The molecule has 1 amide bonds. The van der Waals surface area contributed by atoms with Gasteiger partial charge in [-0.1, -0.05) is 0 Å². The smallest absolute Gasteiger partial charge is 0.405 e. The van der Waals surface area contributed by atoms with E-state index < -0.39 is 18.6 Å². The van der Waals surface area contributed by atoms with Crippen LogP contribution in [0.2, 0.25) is 0 Å². The Morgan fingerprint density at radius 1 is 1.59 bits per heavy atom. The number of aromatic nitrogens is 2. The van der Waals surface area contributed by atoms with E-state index in [0.29, 0.717) is 13.2 Å². The predicted octanol–water partition coefficient (Wildman–Crippen LogP) is 0.958. The summed E-state index contributed by atoms with van der Waals surface area (Å²) >= 11 is 0. The van der Waals surface area contributed by atoms with Gasteiger partial charge in [0, 0.05) is 13.0 Å². The maximum Gasteiger partial charge on any atom is 0.405 e. The summed E-state index contributed by atoms with van der Waals surface area (Å²) in [7, 11) is 0. The van der Waals surface area contributed by atoms with Gasteiger partial charge in [-0.2, -0.15) is 18.3 Å². The Balaban J connectivity index is 2.07. The highest BCUT2D eigenvalue weighted by Gasteiger charge is 2.29. The van der Waals surface area contributed by atoms with Crippen LogP contribution in [0.25, 0.3) is 0 Å². The minimum Gasteiger partial charge on any atom is -0.477 e. The molecule has 1 N–H and O–H groups in total. The van der Waals surface area contributed by atoms with E-state index in [1.807, 2.05) is 0 Å². The largest absolute Gasteiger partial charge is 0.477 e. The van der Waals surface area contributed by atoms with E-state index in [-0.39, 0.29) is 11.4 Å². The lowest BCUT2D eigenvalue weighted by molar-refractivity contribution is -0.123. The molecule has 2 heterocycles. The molecule has 0 radical (unpaired) electrons. The summed E-state index contributed by atoms with van der Waals surface area (Å²) in [5.41, 5.74) is 0.0361. The zero-order valence-electron chi connectivity index (χ0n) is 8.75. The molecular formula is C9H10F3N3O2. The molecule has 94 valence electrons. The monoisotopic (exact) mass is 249 g/mol. The van der Waals surface area contributed by atoms with Crippen LogP contribution in [-0.4, -0.2) is 35.0 Å². The van der Waals surface area contributed by atoms with E-state index >= 15 is 0 Å². The fourth-order valence-electron chi connectivity index (χ4n) is 1.50. The average molecular weight is 249 g/mol. The molecule has 0 saturated heterocycles. The fraction of sp³-hybridized carbons (Fsp3) is 0.556. The van der Waals surface area contributed by atoms with Gasteiger partial charge in [-0.05, 0) is 0 Å². The Bertz CT molecular complexity index is 428. The number of hydrogen-bond donors (Lipinski definition) is 1. The second kappa shape index (κ2) is 4.27. The van der Waals surface area contributed by atoms with Gasteiger partial charge in [0.1, 0.15) is 12.1 Å². The highest BCUT2D eigenvalue weighted by atomic mass is 19.4. The normalized spacial score (nSPS) is 15.0. The first-order chi connectivity index (χ1) is 7.97. The summed E-state index contributed by atoms with van der Waals surface area (Å²) < 4.78 is 42.5. The van der Waals surface area contributed by atoms with E-state index in [0.717, 1.165) is 6.42 Å². The number of aryl methyl sites for hydroxylation is 1. The number of amides is 1. The maximum atomic E-state index is 11.9. The third-order valence-corrected chi connectivity index (χ3v) is 2.24. The number of nitrogens with one attached hydrogen (secondary N) is 1. The predicted molar refractivity (Wildman–Crippen MR) is 50.7 cm³/mol. The van der Waals surface area contributed by atoms with Gasteiger partial charge in [0.25, 0.3) is 5.91 Å². The molecule has 0 spiro atoms. The summed E-state index contributed by atoms with van der Waals surface area (Å²) in [6, 6.07) is 0. The van der Waals surface area contributed by atoms with Crippen LogP contribution in [0.15, 0.2) is 6.20 Å². The first kappa shape index (κ1) is 11.7. The van der Waals surface area contributed by atoms with E-state index in [9.17, 15) is 18.0 Å². The van der Waals surface area contributed by atoms with Crippen molar-refractivity contribution in [2.24, 2.45) is 0 Å². The topological polar surface area (TPSA) is 56.2 Å². The molecule has 0 fully saturated rings. The molecule has 0 bridgehead atoms. The Hall–Kier alpha value is -1.73. The Morgan fingerprint density at radius 3 is 3.06 bits per heavy atom. The lowest BCUT2D eigenvalue weighted by Crippen LogP contribution is -2.34. The third kappa shape index (κ3) is 2.69. The van der Waals surface area contributed by atoms with Crippen LogP contribution in [0, 0.1) is 0 Å². The van der Waals surface area contributed by atoms with Crippen molar-refractivity contribution in [1.29, 1.82) is 0 Å². The number of hydrogen-bond acceptors (Lipinski definition) is 3. The fourth-order valence-corrected chi connectivity index (χ4v) is 1.50. The molecule has 0 saturated carbocycles. The number of fused-ring (bicyclic) bond motifs is 1. The molecule has 0 aromatic carbocycles. The number of carbonyl (C=O) groups excluding carboxylic acids is 1. The van der Waals surface area contributed by atoms with Gasteiger partial charge in [-0.3, -0.25) is 4.79 Å². The van der Waals surface area contributed by atoms with Gasteiger partial charge in [0.05, 0.1) is 12.8 Å². The summed E-state index contributed by atoms with van der Waals surface area (Å²) in [5.74, 6) is -0.596. The maximum absolute atomic E-state index is 11.9. The van der Waals surface area contributed by atoms with Crippen LogP contribution in [-0.2, 0) is 6.54 Å². The van der Waals surface area contributed by atoms with Crippen LogP contribution in [0.5, 0.6) is 5.88 Å². The summed E-state index contributed by atoms with van der Waals surface area (Å²) in [5, 5.41) is 5.65. The number of rotatable bonds is 2. The molecule has 0 atom stereocenters. The zero-order chi connectivity index (χ0) is 12.5. The molecule has 1 aliphatic rings. The molecular weight excluding hydrogens is 239 g/mol. The highest BCUT2D eigenvalue weighted by Crippen LogP contribution is 2.22. The van der Waals surface area contributed by atoms with E-state index in [2.05, 4.69) is 5.10 Å². The Labute approximate surface area is 94.5 Å². The number of carbonyl (C=O) groups is 1. The van der Waals surface area contributed by atoms with Crippen LogP contribution in [0.4, 0.5) is 13.2 Å². The lowest BCUT2D eigenvalue weighted by atomic mass is 10.3. The number of ether oxygens (including phenoxy) is 1. The minimum atomic E-state index is -4.43. The van der Waals surface area contributed by atoms with Gasteiger partial charge in [0.2, 0.25) is 5.88 Å². The van der Waals surface area contributed by atoms with Gasteiger partial charge >= 0.3 is 6.18 Å². The number of halogens is 3. The van der Waals surface area contributed by atoms with Crippen LogP contribution in [0.1, 0.15) is 16.8 Å². The second-order valence-corrected chi connectivity index (χ2v) is 3.59. The lowest BCUT2D eigenvalue weighted by Gasteiger charge is -2.16. The van der Waals surface area contributed by atoms with E-state index in [1.165, 1.54) is 10.9 Å². The van der Waals surface area contributed by atoms with Crippen molar-refractivity contribution in [2.75, 3.05) is 13.2 Å². The highest BCUT2D eigenvalue weighted by molar-refractivity contribution is 5.96. The van der Waals surface area contributed by atoms with Crippen molar-refractivity contribution in [1.82, 2.24) is 15.1 Å². The van der Waals surface area contributed by atoms with E-state index in [4.69, 9.17) is 4.74 Å². The Morgan fingerprint density at radius 2 is 2.35 bits per heavy atom. The molecule has 17 heavy (non-hydrogen) atoms. The summed E-state index contributed by atoms with van der Waals surface area (Å²) in [6.07, 6.45) is -2.45. The minimum absolute atomic E-state index is 0.0361. The van der Waals surface area contributed by atoms with Gasteiger partial charge < -0.3 is 10.1 Å². The first-order valence-corrected chi connectivity index (χ1v) is 5.01. The van der Waals surface area contributed by atoms with Gasteiger partial charge in [-0.25, -0.2) is 4.68 Å². The van der Waals surface area contributed by atoms with Crippen LogP contribution in [0.3, 0.4) is 0 Å². The molecule has 1 aromatic rings. The van der Waals surface area contributed by atoms with Crippen molar-refractivity contribution in [3.05, 3.63) is 11.8 Å². The molecule has 0 unspecified atom stereocenters. The molecule has 0 aliphatic carbocycles. The SMILES string of the molecule is O=C(NCC(F)(F)F)c1cnn2c1OCCC2.